The van der Waals surface area contributed by atoms with Gasteiger partial charge in [-0.3, -0.25) is 0 Å². The summed E-state index contributed by atoms with van der Waals surface area (Å²) in [6, 6.07) is 5.12. The molecule has 0 saturated carbocycles. The van der Waals surface area contributed by atoms with E-state index in [1.807, 2.05) is 6.07 Å². The van der Waals surface area contributed by atoms with Crippen LogP contribution in [0.4, 0.5) is 10.5 Å². The molecule has 0 aliphatic rings. The van der Waals surface area contributed by atoms with E-state index in [1.165, 1.54) is 0 Å². The second kappa shape index (κ2) is 7.94. The Morgan fingerprint density at radius 2 is 2.17 bits per heavy atom. The number of carbonyl (C=O) groups is 1. The van der Waals surface area contributed by atoms with Crippen LogP contribution in [-0.2, 0) is 4.74 Å². The van der Waals surface area contributed by atoms with Crippen molar-refractivity contribution >= 4 is 27.6 Å². The van der Waals surface area contributed by atoms with E-state index in [1.54, 1.807) is 26.4 Å². The Balaban J connectivity index is 2.44. The topological polar surface area (TPSA) is 59.6 Å². The van der Waals surface area contributed by atoms with Gasteiger partial charge in [0.25, 0.3) is 0 Å². The monoisotopic (exact) mass is 316 g/mol. The molecule has 0 heterocycles. The molecule has 1 rings (SSSR count). The zero-order valence-electron chi connectivity index (χ0n) is 10.5. The number of anilines is 1. The lowest BCUT2D eigenvalue weighted by Gasteiger charge is -2.09. The summed E-state index contributed by atoms with van der Waals surface area (Å²) < 4.78 is 10.9. The summed E-state index contributed by atoms with van der Waals surface area (Å²) in [6.07, 6.45) is 0.785. The van der Waals surface area contributed by atoms with Crippen molar-refractivity contribution in [1.29, 1.82) is 0 Å². The molecule has 0 radical (unpaired) electrons. The number of halogens is 1. The molecule has 0 saturated heterocycles. The van der Waals surface area contributed by atoms with Gasteiger partial charge in [0.15, 0.2) is 0 Å². The fraction of sp³-hybridized carbons (Fsp3) is 0.417. The van der Waals surface area contributed by atoms with Crippen molar-refractivity contribution in [1.82, 2.24) is 5.32 Å². The van der Waals surface area contributed by atoms with Crippen molar-refractivity contribution in [3.63, 3.8) is 0 Å². The minimum atomic E-state index is -0.240. The molecule has 100 valence electrons. The largest absolute Gasteiger partial charge is 0.495 e. The molecule has 0 aliphatic heterocycles. The Kier molecular flexibility index (Phi) is 6.53. The van der Waals surface area contributed by atoms with Crippen LogP contribution >= 0.6 is 15.9 Å². The number of benzene rings is 1. The SMILES string of the molecule is COCCCNC(=O)Nc1ccc(Br)c(OC)c1. The Hall–Kier alpha value is -1.27. The summed E-state index contributed by atoms with van der Waals surface area (Å²) in [5.74, 6) is 0.673. The predicted octanol–water partition coefficient (Wildman–Crippen LogP) is 2.62. The van der Waals surface area contributed by atoms with Crippen LogP contribution in [0, 0.1) is 0 Å². The molecule has 0 aliphatic carbocycles. The predicted molar refractivity (Wildman–Crippen MR) is 74.2 cm³/mol. The molecule has 6 heteroatoms. The summed E-state index contributed by atoms with van der Waals surface area (Å²) >= 11 is 3.35. The van der Waals surface area contributed by atoms with Crippen LogP contribution in [0.3, 0.4) is 0 Å². The van der Waals surface area contributed by atoms with Crippen molar-refractivity contribution in [2.24, 2.45) is 0 Å². The first kappa shape index (κ1) is 14.8. The smallest absolute Gasteiger partial charge is 0.319 e. The lowest BCUT2D eigenvalue weighted by Crippen LogP contribution is -2.30. The Morgan fingerprint density at radius 1 is 1.39 bits per heavy atom. The first-order valence-corrected chi connectivity index (χ1v) is 6.34. The van der Waals surface area contributed by atoms with E-state index >= 15 is 0 Å². The van der Waals surface area contributed by atoms with Gasteiger partial charge in [-0.25, -0.2) is 4.79 Å². The molecule has 0 bridgehead atoms. The number of methoxy groups -OCH3 is 2. The van der Waals surface area contributed by atoms with Gasteiger partial charge >= 0.3 is 6.03 Å². The Morgan fingerprint density at radius 3 is 2.83 bits per heavy atom. The lowest BCUT2D eigenvalue weighted by molar-refractivity contribution is 0.194. The molecule has 2 N–H and O–H groups in total. The summed E-state index contributed by atoms with van der Waals surface area (Å²) in [6.45, 7) is 1.21. The number of amides is 2. The minimum absolute atomic E-state index is 0.240. The summed E-state index contributed by atoms with van der Waals surface area (Å²) in [5, 5.41) is 5.46. The molecule has 0 spiro atoms. The van der Waals surface area contributed by atoms with Crippen LogP contribution in [0.15, 0.2) is 22.7 Å². The maximum atomic E-state index is 11.5. The van der Waals surface area contributed by atoms with Crippen molar-refractivity contribution in [3.8, 4) is 5.75 Å². The molecule has 0 unspecified atom stereocenters. The average Bonchev–Trinajstić information content (AvgIpc) is 2.37. The van der Waals surface area contributed by atoms with Crippen LogP contribution in [-0.4, -0.2) is 33.4 Å². The summed E-state index contributed by atoms with van der Waals surface area (Å²) in [4.78, 5) is 11.5. The zero-order valence-corrected chi connectivity index (χ0v) is 12.0. The summed E-state index contributed by atoms with van der Waals surface area (Å²) in [7, 11) is 3.21. The van der Waals surface area contributed by atoms with Crippen LogP contribution in [0.25, 0.3) is 0 Å². The number of hydrogen-bond donors (Lipinski definition) is 2. The second-order valence-corrected chi connectivity index (χ2v) is 4.43. The van der Waals surface area contributed by atoms with Crippen LogP contribution in [0.2, 0.25) is 0 Å². The van der Waals surface area contributed by atoms with Crippen molar-refractivity contribution in [3.05, 3.63) is 22.7 Å². The molecule has 0 aromatic heterocycles. The maximum absolute atomic E-state index is 11.5. The molecular weight excluding hydrogens is 300 g/mol. The third-order valence-corrected chi connectivity index (χ3v) is 2.87. The first-order chi connectivity index (χ1) is 8.67. The average molecular weight is 317 g/mol. The number of urea groups is 1. The summed E-state index contributed by atoms with van der Waals surface area (Å²) in [5.41, 5.74) is 0.680. The highest BCUT2D eigenvalue weighted by Crippen LogP contribution is 2.27. The Bertz CT molecular complexity index is 399. The quantitative estimate of drug-likeness (QED) is 0.793. The molecule has 1 aromatic rings. The number of nitrogens with one attached hydrogen (secondary N) is 2. The highest BCUT2D eigenvalue weighted by molar-refractivity contribution is 9.10. The van der Waals surface area contributed by atoms with Gasteiger partial charge < -0.3 is 20.1 Å². The highest BCUT2D eigenvalue weighted by Gasteiger charge is 2.04. The third-order valence-electron chi connectivity index (χ3n) is 2.22. The number of rotatable bonds is 6. The standard InChI is InChI=1S/C12H17BrN2O3/c1-17-7-3-6-14-12(16)15-9-4-5-10(13)11(8-9)18-2/h4-5,8H,3,6-7H2,1-2H3,(H2,14,15,16). The Labute approximate surface area is 115 Å². The van der Waals surface area contributed by atoms with E-state index in [-0.39, 0.29) is 6.03 Å². The van der Waals surface area contributed by atoms with Crippen molar-refractivity contribution in [2.45, 2.75) is 6.42 Å². The first-order valence-electron chi connectivity index (χ1n) is 5.54. The van der Waals surface area contributed by atoms with Gasteiger partial charge in [-0.15, -0.1) is 0 Å². The van der Waals surface area contributed by atoms with Gasteiger partial charge in [-0.05, 0) is 34.5 Å². The minimum Gasteiger partial charge on any atom is -0.495 e. The van der Waals surface area contributed by atoms with E-state index < -0.39 is 0 Å². The van der Waals surface area contributed by atoms with E-state index in [9.17, 15) is 4.79 Å². The van der Waals surface area contributed by atoms with Gasteiger partial charge in [-0.1, -0.05) is 0 Å². The molecule has 18 heavy (non-hydrogen) atoms. The number of ether oxygens (including phenoxy) is 2. The van der Waals surface area contributed by atoms with Gasteiger partial charge in [0.2, 0.25) is 0 Å². The molecule has 1 aromatic carbocycles. The van der Waals surface area contributed by atoms with E-state index in [2.05, 4.69) is 26.6 Å². The fourth-order valence-electron chi connectivity index (χ4n) is 1.33. The number of hydrogen-bond acceptors (Lipinski definition) is 3. The van der Waals surface area contributed by atoms with Gasteiger partial charge in [0.1, 0.15) is 5.75 Å². The van der Waals surface area contributed by atoms with Crippen LogP contribution < -0.4 is 15.4 Å². The molecule has 0 fully saturated rings. The molecule has 2 amide bonds. The van der Waals surface area contributed by atoms with E-state index in [0.29, 0.717) is 24.6 Å². The molecule has 0 atom stereocenters. The van der Waals surface area contributed by atoms with Gasteiger partial charge in [0.05, 0.1) is 11.6 Å². The number of carbonyl (C=O) groups excluding carboxylic acids is 1. The van der Waals surface area contributed by atoms with Crippen molar-refractivity contribution < 1.29 is 14.3 Å². The maximum Gasteiger partial charge on any atom is 0.319 e. The lowest BCUT2D eigenvalue weighted by atomic mass is 10.3. The molecular formula is C12H17BrN2O3. The normalized spacial score (nSPS) is 9.94. The zero-order chi connectivity index (χ0) is 13.4. The fourth-order valence-corrected chi connectivity index (χ4v) is 1.74. The van der Waals surface area contributed by atoms with E-state index in [4.69, 9.17) is 9.47 Å². The highest BCUT2D eigenvalue weighted by atomic mass is 79.9. The molecule has 5 nitrogen and oxygen atoms in total. The van der Waals surface area contributed by atoms with Crippen LogP contribution in [0.1, 0.15) is 6.42 Å². The third kappa shape index (κ3) is 4.93. The van der Waals surface area contributed by atoms with Crippen molar-refractivity contribution in [2.75, 3.05) is 32.7 Å². The van der Waals surface area contributed by atoms with Gasteiger partial charge in [0, 0.05) is 32.0 Å². The van der Waals surface area contributed by atoms with Gasteiger partial charge in [-0.2, -0.15) is 0 Å². The van der Waals surface area contributed by atoms with E-state index in [0.717, 1.165) is 10.9 Å². The second-order valence-electron chi connectivity index (χ2n) is 3.58. The van der Waals surface area contributed by atoms with Crippen LogP contribution in [0.5, 0.6) is 5.75 Å².